The predicted molar refractivity (Wildman–Crippen MR) is 109 cm³/mol. The number of aromatic nitrogens is 2. The number of benzene rings is 3. The van der Waals surface area contributed by atoms with E-state index in [9.17, 15) is 13.2 Å². The number of sulfonamides is 1. The van der Waals surface area contributed by atoms with E-state index in [1.54, 1.807) is 18.2 Å². The van der Waals surface area contributed by atoms with Crippen molar-refractivity contribution in [2.45, 2.75) is 4.90 Å². The van der Waals surface area contributed by atoms with E-state index in [1.165, 1.54) is 28.8 Å². The molecule has 0 amide bonds. The molecule has 0 aliphatic heterocycles. The van der Waals surface area contributed by atoms with Crippen LogP contribution in [0.4, 0.5) is 0 Å². The van der Waals surface area contributed by atoms with E-state index in [0.29, 0.717) is 27.4 Å². The molecule has 0 spiro atoms. The summed E-state index contributed by atoms with van der Waals surface area (Å²) < 4.78 is 24.5. The summed E-state index contributed by atoms with van der Waals surface area (Å²) in [5.74, 6) is 0.434. The van der Waals surface area contributed by atoms with E-state index in [0.717, 1.165) is 5.56 Å². The number of hydrogen-bond acceptors (Lipinski definition) is 4. The summed E-state index contributed by atoms with van der Waals surface area (Å²) in [6.45, 7) is 0. The minimum absolute atomic E-state index is 0.0395. The quantitative estimate of drug-likeness (QED) is 0.559. The monoisotopic (exact) mass is 411 g/mol. The molecule has 3 aromatic carbocycles. The minimum Gasteiger partial charge on any atom is -0.268 e. The molecule has 0 atom stereocenters. The van der Waals surface area contributed by atoms with Crippen molar-refractivity contribution in [2.75, 3.05) is 0 Å². The summed E-state index contributed by atoms with van der Waals surface area (Å²) >= 11 is 6.06. The number of nitrogens with two attached hydrogens (primary N) is 1. The third-order valence-corrected chi connectivity index (χ3v) is 5.45. The second-order valence-electron chi connectivity index (χ2n) is 6.14. The highest BCUT2D eigenvalue weighted by molar-refractivity contribution is 7.89. The van der Waals surface area contributed by atoms with Gasteiger partial charge in [-0.2, -0.15) is 0 Å². The largest absolute Gasteiger partial charge is 0.268 e. The average molecular weight is 412 g/mol. The van der Waals surface area contributed by atoms with Crippen LogP contribution in [-0.4, -0.2) is 18.0 Å². The third-order valence-electron chi connectivity index (χ3n) is 4.29. The van der Waals surface area contributed by atoms with Crippen LogP contribution in [0.5, 0.6) is 0 Å². The van der Waals surface area contributed by atoms with Gasteiger partial charge in [-0.15, -0.1) is 0 Å². The number of primary sulfonamides is 1. The Balaban J connectivity index is 2.05. The van der Waals surface area contributed by atoms with Crippen LogP contribution in [0.3, 0.4) is 0 Å². The van der Waals surface area contributed by atoms with E-state index in [4.69, 9.17) is 16.7 Å². The zero-order chi connectivity index (χ0) is 19.9. The van der Waals surface area contributed by atoms with Gasteiger partial charge in [-0.3, -0.25) is 9.36 Å². The number of hydrogen-bond donors (Lipinski definition) is 1. The Labute approximate surface area is 165 Å². The van der Waals surface area contributed by atoms with E-state index in [2.05, 4.69) is 4.98 Å². The Hall–Kier alpha value is -3.00. The van der Waals surface area contributed by atoms with Gasteiger partial charge in [-0.1, -0.05) is 41.9 Å². The molecular weight excluding hydrogens is 398 g/mol. The van der Waals surface area contributed by atoms with Crippen molar-refractivity contribution < 1.29 is 8.42 Å². The molecule has 1 heterocycles. The average Bonchev–Trinajstić information content (AvgIpc) is 2.68. The van der Waals surface area contributed by atoms with Crippen LogP contribution in [0.2, 0.25) is 5.02 Å². The molecule has 0 saturated heterocycles. The van der Waals surface area contributed by atoms with E-state index >= 15 is 0 Å². The zero-order valence-electron chi connectivity index (χ0n) is 14.4. The Morgan fingerprint density at radius 3 is 2.25 bits per heavy atom. The van der Waals surface area contributed by atoms with Crippen LogP contribution < -0.4 is 10.7 Å². The van der Waals surface area contributed by atoms with Gasteiger partial charge in [-0.05, 0) is 42.5 Å². The normalized spacial score (nSPS) is 11.6. The molecule has 2 N–H and O–H groups in total. The molecule has 0 bridgehead atoms. The SMILES string of the molecule is NS(=O)(=O)c1ccc(-n2c(-c3ccccc3)nc3ccc(Cl)cc3c2=O)cc1. The lowest BCUT2D eigenvalue weighted by atomic mass is 10.1. The van der Waals surface area contributed by atoms with Crippen molar-refractivity contribution in [3.8, 4) is 17.1 Å². The molecule has 0 unspecified atom stereocenters. The van der Waals surface area contributed by atoms with Gasteiger partial charge in [0.1, 0.15) is 5.82 Å². The number of rotatable bonds is 3. The molecule has 28 heavy (non-hydrogen) atoms. The number of halogens is 1. The summed E-state index contributed by atoms with van der Waals surface area (Å²) in [4.78, 5) is 17.9. The number of fused-ring (bicyclic) bond motifs is 1. The van der Waals surface area contributed by atoms with Gasteiger partial charge in [-0.25, -0.2) is 18.5 Å². The highest BCUT2D eigenvalue weighted by atomic mass is 35.5. The van der Waals surface area contributed by atoms with Gasteiger partial charge in [0, 0.05) is 10.6 Å². The highest BCUT2D eigenvalue weighted by Gasteiger charge is 2.16. The van der Waals surface area contributed by atoms with Crippen LogP contribution >= 0.6 is 11.6 Å². The molecule has 0 saturated carbocycles. The first-order valence-electron chi connectivity index (χ1n) is 8.25. The third kappa shape index (κ3) is 3.31. The Morgan fingerprint density at radius 2 is 1.61 bits per heavy atom. The first-order chi connectivity index (χ1) is 13.3. The molecule has 0 aliphatic rings. The first kappa shape index (κ1) is 18.4. The standard InChI is InChI=1S/C20H14ClN3O3S/c21-14-6-11-18-17(12-14)20(25)24(19(23-18)13-4-2-1-3-5-13)15-7-9-16(10-8-15)28(22,26)27/h1-12H,(H2,22,26,27). The molecule has 0 fully saturated rings. The Bertz CT molecular complexity index is 1350. The second kappa shape index (κ2) is 6.87. The fourth-order valence-corrected chi connectivity index (χ4v) is 3.65. The fraction of sp³-hybridized carbons (Fsp3) is 0. The zero-order valence-corrected chi connectivity index (χ0v) is 16.0. The molecule has 140 valence electrons. The van der Waals surface area contributed by atoms with E-state index in [-0.39, 0.29) is 10.5 Å². The van der Waals surface area contributed by atoms with Crippen molar-refractivity contribution in [2.24, 2.45) is 5.14 Å². The van der Waals surface area contributed by atoms with Crippen molar-refractivity contribution in [3.05, 3.63) is 88.2 Å². The summed E-state index contributed by atoms with van der Waals surface area (Å²) in [7, 11) is -3.83. The Morgan fingerprint density at radius 1 is 0.929 bits per heavy atom. The lowest BCUT2D eigenvalue weighted by Crippen LogP contribution is -2.22. The van der Waals surface area contributed by atoms with Gasteiger partial charge in [0.05, 0.1) is 21.5 Å². The van der Waals surface area contributed by atoms with Crippen LogP contribution in [0.15, 0.2) is 82.5 Å². The maximum Gasteiger partial charge on any atom is 0.266 e. The van der Waals surface area contributed by atoms with Gasteiger partial charge in [0.15, 0.2) is 0 Å². The topological polar surface area (TPSA) is 95.1 Å². The molecule has 0 aliphatic carbocycles. The van der Waals surface area contributed by atoms with Crippen molar-refractivity contribution in [1.29, 1.82) is 0 Å². The molecule has 4 aromatic rings. The molecule has 0 radical (unpaired) electrons. The number of nitrogens with zero attached hydrogens (tertiary/aromatic N) is 2. The summed E-state index contributed by atoms with van der Waals surface area (Å²) in [6, 6.07) is 19.9. The predicted octanol–water partition coefficient (Wildman–Crippen LogP) is 3.35. The lowest BCUT2D eigenvalue weighted by molar-refractivity contribution is 0.598. The maximum atomic E-state index is 13.3. The summed E-state index contributed by atoms with van der Waals surface area (Å²) in [5, 5.41) is 5.95. The van der Waals surface area contributed by atoms with Crippen LogP contribution in [-0.2, 0) is 10.0 Å². The molecule has 6 nitrogen and oxygen atoms in total. The molecule has 1 aromatic heterocycles. The Kier molecular flexibility index (Phi) is 4.50. The van der Waals surface area contributed by atoms with Gasteiger partial charge < -0.3 is 0 Å². The summed E-state index contributed by atoms with van der Waals surface area (Å²) in [6.07, 6.45) is 0. The fourth-order valence-electron chi connectivity index (χ4n) is 2.96. The van der Waals surface area contributed by atoms with E-state index < -0.39 is 10.0 Å². The second-order valence-corrected chi connectivity index (χ2v) is 8.14. The lowest BCUT2D eigenvalue weighted by Gasteiger charge is -2.14. The first-order valence-corrected chi connectivity index (χ1v) is 10.2. The molecular formula is C20H14ClN3O3S. The van der Waals surface area contributed by atoms with Gasteiger partial charge in [0.25, 0.3) is 5.56 Å². The maximum absolute atomic E-state index is 13.3. The van der Waals surface area contributed by atoms with Crippen LogP contribution in [0.1, 0.15) is 0 Å². The van der Waals surface area contributed by atoms with E-state index in [1.807, 2.05) is 30.3 Å². The highest BCUT2D eigenvalue weighted by Crippen LogP contribution is 2.24. The molecule has 4 rings (SSSR count). The minimum atomic E-state index is -3.83. The van der Waals surface area contributed by atoms with Crippen LogP contribution in [0.25, 0.3) is 28.0 Å². The van der Waals surface area contributed by atoms with Crippen molar-refractivity contribution >= 4 is 32.5 Å². The van der Waals surface area contributed by atoms with Crippen molar-refractivity contribution in [1.82, 2.24) is 9.55 Å². The van der Waals surface area contributed by atoms with Crippen LogP contribution in [0, 0.1) is 0 Å². The van der Waals surface area contributed by atoms with Gasteiger partial charge in [0.2, 0.25) is 10.0 Å². The van der Waals surface area contributed by atoms with Crippen molar-refractivity contribution in [3.63, 3.8) is 0 Å². The summed E-state index contributed by atoms with van der Waals surface area (Å²) in [5.41, 5.74) is 1.41. The smallest absolute Gasteiger partial charge is 0.266 e. The molecule has 8 heteroatoms. The van der Waals surface area contributed by atoms with Gasteiger partial charge >= 0.3 is 0 Å².